The number of benzene rings is 2. The van der Waals surface area contributed by atoms with E-state index < -0.39 is 0 Å². The first-order chi connectivity index (χ1) is 15.5. The van der Waals surface area contributed by atoms with Crippen molar-refractivity contribution in [3.8, 4) is 0 Å². The number of para-hydroxylation sites is 1. The molecule has 32 heavy (non-hydrogen) atoms. The summed E-state index contributed by atoms with van der Waals surface area (Å²) in [5.74, 6) is 1.71. The number of fused-ring (bicyclic) bond motifs is 4. The average molecular weight is 450 g/mol. The smallest absolute Gasteiger partial charge is 0.262 e. The molecule has 0 aliphatic heterocycles. The van der Waals surface area contributed by atoms with Crippen LogP contribution >= 0.6 is 11.6 Å². The molecule has 1 N–H and O–H groups in total. The third kappa shape index (κ3) is 3.35. The van der Waals surface area contributed by atoms with Crippen molar-refractivity contribution in [2.24, 2.45) is 7.05 Å². The van der Waals surface area contributed by atoms with Crippen LogP contribution in [0, 0.1) is 0 Å². The van der Waals surface area contributed by atoms with Crippen molar-refractivity contribution in [3.05, 3.63) is 79.8 Å². The normalized spacial score (nSPS) is 11.9. The minimum absolute atomic E-state index is 0.115. The number of nitrogens with one attached hydrogen (secondary N) is 1. The Morgan fingerprint density at radius 2 is 1.88 bits per heavy atom. The van der Waals surface area contributed by atoms with Crippen molar-refractivity contribution in [1.29, 1.82) is 0 Å². The van der Waals surface area contributed by atoms with Gasteiger partial charge in [0.15, 0.2) is 5.82 Å². The maximum absolute atomic E-state index is 12.7. The molecule has 0 atom stereocenters. The summed E-state index contributed by atoms with van der Waals surface area (Å²) >= 11 is 6.07. The number of nitrogens with zero attached hydrogens (tertiary/aromatic N) is 6. The SMILES string of the molecule is CCN(Cc1nc2cc(Cl)ccc2c(=O)[nH]1)Cc1nnc2n(C)c(=O)c3ccccc3n12. The fourth-order valence-corrected chi connectivity index (χ4v) is 4.09. The Kier molecular flexibility index (Phi) is 4.99. The Hall–Kier alpha value is -3.56. The molecule has 0 fully saturated rings. The minimum atomic E-state index is -0.202. The van der Waals surface area contributed by atoms with Gasteiger partial charge in [-0.1, -0.05) is 30.7 Å². The highest BCUT2D eigenvalue weighted by molar-refractivity contribution is 6.31. The van der Waals surface area contributed by atoms with Crippen molar-refractivity contribution in [2.75, 3.05) is 6.54 Å². The van der Waals surface area contributed by atoms with Gasteiger partial charge in [-0.25, -0.2) is 4.98 Å². The summed E-state index contributed by atoms with van der Waals surface area (Å²) in [5, 5.41) is 10.2. The molecule has 0 saturated carbocycles. The van der Waals surface area contributed by atoms with Gasteiger partial charge >= 0.3 is 0 Å². The average Bonchev–Trinajstić information content (AvgIpc) is 3.20. The first-order valence-corrected chi connectivity index (χ1v) is 10.6. The molecule has 0 aliphatic rings. The zero-order chi connectivity index (χ0) is 22.4. The second-order valence-electron chi connectivity index (χ2n) is 7.61. The molecule has 162 valence electrons. The van der Waals surface area contributed by atoms with E-state index in [4.69, 9.17) is 11.6 Å². The van der Waals surface area contributed by atoms with Crippen LogP contribution in [0.15, 0.2) is 52.1 Å². The second-order valence-corrected chi connectivity index (χ2v) is 8.05. The number of hydrogen-bond acceptors (Lipinski definition) is 6. The molecular formula is C22H20ClN7O2. The van der Waals surface area contributed by atoms with E-state index in [9.17, 15) is 9.59 Å². The summed E-state index contributed by atoms with van der Waals surface area (Å²) in [4.78, 5) is 34.7. The van der Waals surface area contributed by atoms with Gasteiger partial charge in [-0.2, -0.15) is 0 Å². The van der Waals surface area contributed by atoms with Crippen LogP contribution in [0.5, 0.6) is 0 Å². The molecule has 10 heteroatoms. The maximum atomic E-state index is 12.7. The molecule has 3 heterocycles. The molecule has 5 aromatic rings. The van der Waals surface area contributed by atoms with Crippen LogP contribution in [0.4, 0.5) is 0 Å². The van der Waals surface area contributed by atoms with E-state index in [1.54, 1.807) is 31.3 Å². The summed E-state index contributed by atoms with van der Waals surface area (Å²) in [6, 6.07) is 12.4. The first kappa shape index (κ1) is 20.3. The van der Waals surface area contributed by atoms with Crippen molar-refractivity contribution >= 4 is 39.2 Å². The highest BCUT2D eigenvalue weighted by Gasteiger charge is 2.17. The third-order valence-corrected chi connectivity index (χ3v) is 5.83. The van der Waals surface area contributed by atoms with Gasteiger partial charge in [0.05, 0.1) is 34.9 Å². The lowest BCUT2D eigenvalue weighted by molar-refractivity contribution is 0.257. The van der Waals surface area contributed by atoms with Gasteiger partial charge in [-0.15, -0.1) is 10.2 Å². The number of halogens is 1. The molecule has 0 unspecified atom stereocenters. The highest BCUT2D eigenvalue weighted by atomic mass is 35.5. The minimum Gasteiger partial charge on any atom is -0.309 e. The Morgan fingerprint density at radius 3 is 2.69 bits per heavy atom. The van der Waals surface area contributed by atoms with Gasteiger partial charge in [0, 0.05) is 12.1 Å². The number of aryl methyl sites for hydroxylation is 1. The maximum Gasteiger partial charge on any atom is 0.262 e. The predicted molar refractivity (Wildman–Crippen MR) is 123 cm³/mol. The number of rotatable bonds is 5. The predicted octanol–water partition coefficient (Wildman–Crippen LogP) is 2.49. The summed E-state index contributed by atoms with van der Waals surface area (Å²) in [6.45, 7) is 3.58. The van der Waals surface area contributed by atoms with E-state index in [1.165, 1.54) is 4.57 Å². The molecule has 0 bridgehead atoms. The molecule has 9 nitrogen and oxygen atoms in total. The van der Waals surface area contributed by atoms with Crippen molar-refractivity contribution in [1.82, 2.24) is 34.0 Å². The van der Waals surface area contributed by atoms with E-state index in [-0.39, 0.29) is 11.1 Å². The van der Waals surface area contributed by atoms with Gasteiger partial charge in [-0.05, 0) is 36.9 Å². The number of hydrogen-bond donors (Lipinski definition) is 1. The molecule has 0 radical (unpaired) electrons. The molecule has 0 spiro atoms. The van der Waals surface area contributed by atoms with Crippen molar-refractivity contribution < 1.29 is 0 Å². The summed E-state index contributed by atoms with van der Waals surface area (Å²) in [6.07, 6.45) is 0. The van der Waals surface area contributed by atoms with Gasteiger partial charge < -0.3 is 4.98 Å². The fourth-order valence-electron chi connectivity index (χ4n) is 3.92. The Labute approximate surface area is 186 Å². The van der Waals surface area contributed by atoms with Gasteiger partial charge in [0.2, 0.25) is 5.78 Å². The zero-order valence-electron chi connectivity index (χ0n) is 17.5. The van der Waals surface area contributed by atoms with Crippen LogP contribution in [-0.2, 0) is 20.1 Å². The third-order valence-electron chi connectivity index (χ3n) is 5.60. The lowest BCUT2D eigenvalue weighted by atomic mass is 10.2. The molecule has 3 aromatic heterocycles. The Morgan fingerprint density at radius 1 is 1.06 bits per heavy atom. The lowest BCUT2D eigenvalue weighted by Crippen LogP contribution is -2.27. The highest BCUT2D eigenvalue weighted by Crippen LogP contribution is 2.17. The lowest BCUT2D eigenvalue weighted by Gasteiger charge is -2.19. The molecular weight excluding hydrogens is 430 g/mol. The van der Waals surface area contributed by atoms with Crippen LogP contribution in [0.2, 0.25) is 5.02 Å². The summed E-state index contributed by atoms with van der Waals surface area (Å²) in [5.41, 5.74) is 0.998. The standard InChI is InChI=1S/C22H20ClN7O2/c1-3-29(11-18-24-16-10-13(23)8-9-14(16)20(31)25-18)12-19-26-27-22-28(2)21(32)15-6-4-5-7-17(15)30(19)22/h4-10H,3,11-12H2,1-2H3,(H,24,25,31). The van der Waals surface area contributed by atoms with Crippen LogP contribution in [0.1, 0.15) is 18.6 Å². The molecule has 2 aromatic carbocycles. The summed E-state index contributed by atoms with van der Waals surface area (Å²) in [7, 11) is 1.69. The van der Waals surface area contributed by atoms with Crippen LogP contribution in [0.25, 0.3) is 27.6 Å². The van der Waals surface area contributed by atoms with Gasteiger partial charge in [-0.3, -0.25) is 23.5 Å². The van der Waals surface area contributed by atoms with Gasteiger partial charge in [0.1, 0.15) is 5.82 Å². The zero-order valence-corrected chi connectivity index (χ0v) is 18.3. The van der Waals surface area contributed by atoms with E-state index >= 15 is 0 Å². The second kappa shape index (κ2) is 7.85. The first-order valence-electron chi connectivity index (χ1n) is 10.2. The molecule has 0 aliphatic carbocycles. The van der Waals surface area contributed by atoms with Crippen molar-refractivity contribution in [3.63, 3.8) is 0 Å². The van der Waals surface area contributed by atoms with E-state index in [2.05, 4.69) is 25.1 Å². The number of aromatic amines is 1. The van der Waals surface area contributed by atoms with Crippen LogP contribution < -0.4 is 11.1 Å². The molecule has 0 amide bonds. The number of H-pyrrole nitrogens is 1. The van der Waals surface area contributed by atoms with Gasteiger partial charge in [0.25, 0.3) is 11.1 Å². The van der Waals surface area contributed by atoms with E-state index in [0.29, 0.717) is 58.4 Å². The fraction of sp³-hybridized carbons (Fsp3) is 0.227. The molecule has 0 saturated heterocycles. The van der Waals surface area contributed by atoms with E-state index in [1.807, 2.05) is 29.5 Å². The topological polar surface area (TPSA) is 101 Å². The van der Waals surface area contributed by atoms with Crippen LogP contribution in [-0.4, -0.2) is 40.6 Å². The monoisotopic (exact) mass is 449 g/mol. The molecule has 5 rings (SSSR count). The van der Waals surface area contributed by atoms with E-state index in [0.717, 1.165) is 5.52 Å². The largest absolute Gasteiger partial charge is 0.309 e. The number of aromatic nitrogens is 6. The quantitative estimate of drug-likeness (QED) is 0.442. The Bertz CT molecular complexity index is 1600. The summed E-state index contributed by atoms with van der Waals surface area (Å²) < 4.78 is 3.40. The Balaban J connectivity index is 1.54. The van der Waals surface area contributed by atoms with Crippen LogP contribution in [0.3, 0.4) is 0 Å². The van der Waals surface area contributed by atoms with Crippen molar-refractivity contribution in [2.45, 2.75) is 20.0 Å².